The molecule has 0 amide bonds. The number of aliphatic hydroxyl groups is 1. The number of hydrogen-bond acceptors (Lipinski definition) is 3. The zero-order chi connectivity index (χ0) is 14.9. The quantitative estimate of drug-likeness (QED) is 0.849. The monoisotopic (exact) mass is 286 g/mol. The number of rotatable bonds is 2. The molecule has 2 rings (SSSR count). The summed E-state index contributed by atoms with van der Waals surface area (Å²) in [5.74, 6) is 0.586. The number of pyridine rings is 1. The molecule has 3 nitrogen and oxygen atoms in total. The van der Waals surface area contributed by atoms with E-state index in [1.54, 1.807) is 4.90 Å². The van der Waals surface area contributed by atoms with Gasteiger partial charge in [-0.2, -0.15) is 13.2 Å². The minimum atomic E-state index is -4.25. The van der Waals surface area contributed by atoms with Gasteiger partial charge in [0.2, 0.25) is 0 Å². The Morgan fingerprint density at radius 2 is 2.05 bits per heavy atom. The molecule has 0 atom stereocenters. The van der Waals surface area contributed by atoms with Crippen molar-refractivity contribution in [2.45, 2.75) is 33.1 Å². The number of nitrogens with zero attached hydrogens (tertiary/aromatic N) is 2. The summed E-state index contributed by atoms with van der Waals surface area (Å²) in [4.78, 5) is 6.15. The van der Waals surface area contributed by atoms with E-state index in [1.807, 2.05) is 19.9 Å². The molecule has 1 aromatic rings. The van der Waals surface area contributed by atoms with Crippen LogP contribution in [0, 0.1) is 13.8 Å². The van der Waals surface area contributed by atoms with Crippen molar-refractivity contribution in [2.24, 2.45) is 0 Å². The van der Waals surface area contributed by atoms with Crippen LogP contribution in [0.25, 0.3) is 0 Å². The second-order valence-corrected chi connectivity index (χ2v) is 4.96. The maximum Gasteiger partial charge on any atom is 0.412 e. The van der Waals surface area contributed by atoms with Crippen molar-refractivity contribution >= 4 is 5.82 Å². The van der Waals surface area contributed by atoms with Crippen molar-refractivity contribution in [3.63, 3.8) is 0 Å². The molecule has 1 aliphatic heterocycles. The number of aliphatic hydroxyl groups excluding tert-OH is 1. The molecule has 0 spiro atoms. The van der Waals surface area contributed by atoms with E-state index < -0.39 is 11.7 Å². The van der Waals surface area contributed by atoms with E-state index in [-0.39, 0.29) is 26.1 Å². The van der Waals surface area contributed by atoms with Crippen LogP contribution in [-0.2, 0) is 6.61 Å². The number of hydrogen-bond donors (Lipinski definition) is 1. The highest BCUT2D eigenvalue weighted by Gasteiger charge is 2.35. The third-order valence-corrected chi connectivity index (χ3v) is 3.48. The Kier molecular flexibility index (Phi) is 4.04. The summed E-state index contributed by atoms with van der Waals surface area (Å²) < 4.78 is 37.8. The smallest absolute Gasteiger partial charge is 0.392 e. The molecule has 0 saturated carbocycles. The lowest BCUT2D eigenvalue weighted by atomic mass is 10.1. The van der Waals surface area contributed by atoms with Gasteiger partial charge in [-0.3, -0.25) is 0 Å². The van der Waals surface area contributed by atoms with Crippen molar-refractivity contribution in [3.05, 3.63) is 34.5 Å². The fourth-order valence-corrected chi connectivity index (χ4v) is 2.42. The molecule has 2 heterocycles. The van der Waals surface area contributed by atoms with Gasteiger partial charge in [0.05, 0.1) is 6.61 Å². The minimum Gasteiger partial charge on any atom is -0.392 e. The molecule has 1 N–H and O–H groups in total. The van der Waals surface area contributed by atoms with Crippen molar-refractivity contribution in [1.29, 1.82) is 0 Å². The van der Waals surface area contributed by atoms with Crippen LogP contribution in [0.15, 0.2) is 17.7 Å². The number of halogens is 3. The summed E-state index contributed by atoms with van der Waals surface area (Å²) in [6.07, 6.45) is -3.10. The lowest BCUT2D eigenvalue weighted by Gasteiger charge is -2.30. The predicted molar refractivity (Wildman–Crippen MR) is 70.6 cm³/mol. The second kappa shape index (κ2) is 5.44. The molecule has 0 bridgehead atoms. The summed E-state index contributed by atoms with van der Waals surface area (Å²) in [5.41, 5.74) is 1.89. The molecule has 0 radical (unpaired) electrons. The van der Waals surface area contributed by atoms with Gasteiger partial charge in [0.1, 0.15) is 5.82 Å². The average Bonchev–Trinajstić information content (AvgIpc) is 2.37. The second-order valence-electron chi connectivity index (χ2n) is 4.96. The van der Waals surface area contributed by atoms with E-state index in [4.69, 9.17) is 0 Å². The van der Waals surface area contributed by atoms with Gasteiger partial charge in [0.15, 0.2) is 0 Å². The molecular weight excluding hydrogens is 269 g/mol. The Labute approximate surface area is 115 Å². The van der Waals surface area contributed by atoms with Crippen LogP contribution in [0.1, 0.15) is 23.2 Å². The Morgan fingerprint density at radius 1 is 1.35 bits per heavy atom. The minimum absolute atomic E-state index is 0.0525. The molecule has 1 aliphatic rings. The lowest BCUT2D eigenvalue weighted by Crippen LogP contribution is -2.33. The van der Waals surface area contributed by atoms with Crippen LogP contribution in [0.5, 0.6) is 0 Å². The summed E-state index contributed by atoms with van der Waals surface area (Å²) in [6, 6.07) is 1.86. The molecule has 0 fully saturated rings. The van der Waals surface area contributed by atoms with Gasteiger partial charge < -0.3 is 10.0 Å². The number of alkyl halides is 3. The molecule has 110 valence electrons. The topological polar surface area (TPSA) is 36.4 Å². The van der Waals surface area contributed by atoms with Crippen molar-refractivity contribution in [3.8, 4) is 0 Å². The molecule has 0 unspecified atom stereocenters. The van der Waals surface area contributed by atoms with Gasteiger partial charge in [-0.15, -0.1) is 0 Å². The largest absolute Gasteiger partial charge is 0.412 e. The average molecular weight is 286 g/mol. The molecular formula is C14H17F3N2O. The van der Waals surface area contributed by atoms with Crippen LogP contribution in [0.2, 0.25) is 0 Å². The summed E-state index contributed by atoms with van der Waals surface area (Å²) >= 11 is 0. The first-order chi connectivity index (χ1) is 9.32. The summed E-state index contributed by atoms with van der Waals surface area (Å²) in [6.45, 7) is 3.95. The molecule has 1 aromatic heterocycles. The highest BCUT2D eigenvalue weighted by atomic mass is 19.4. The first kappa shape index (κ1) is 14.8. The van der Waals surface area contributed by atoms with Gasteiger partial charge in [-0.1, -0.05) is 6.08 Å². The normalized spacial score (nSPS) is 16.3. The Balaban J connectivity index is 2.29. The highest BCUT2D eigenvalue weighted by Crippen LogP contribution is 2.32. The summed E-state index contributed by atoms with van der Waals surface area (Å²) in [7, 11) is 0. The fourth-order valence-electron chi connectivity index (χ4n) is 2.42. The van der Waals surface area contributed by atoms with Gasteiger partial charge in [0.25, 0.3) is 0 Å². The van der Waals surface area contributed by atoms with Gasteiger partial charge in [-0.05, 0) is 31.9 Å². The predicted octanol–water partition coefficient (Wildman–Crippen LogP) is 2.89. The van der Waals surface area contributed by atoms with Gasteiger partial charge in [-0.25, -0.2) is 4.98 Å². The van der Waals surface area contributed by atoms with Crippen LogP contribution < -0.4 is 4.90 Å². The van der Waals surface area contributed by atoms with E-state index in [0.29, 0.717) is 11.4 Å². The zero-order valence-corrected chi connectivity index (χ0v) is 11.5. The third kappa shape index (κ3) is 2.95. The highest BCUT2D eigenvalue weighted by molar-refractivity contribution is 5.52. The number of aromatic nitrogens is 1. The Hall–Kier alpha value is -1.56. The lowest BCUT2D eigenvalue weighted by molar-refractivity contribution is -0.0944. The molecule has 0 aliphatic carbocycles. The third-order valence-electron chi connectivity index (χ3n) is 3.48. The standard InChI is InChI=1S/C14H17F3N2O/c1-9-7-10(2)18-13(12(9)8-20)19-5-3-11(4-6-19)14(15,16)17/h3,7,20H,4-6,8H2,1-2H3. The van der Waals surface area contributed by atoms with Crippen LogP contribution in [-0.4, -0.2) is 29.4 Å². The molecule has 0 aromatic carbocycles. The number of anilines is 1. The first-order valence-corrected chi connectivity index (χ1v) is 6.42. The molecule has 20 heavy (non-hydrogen) atoms. The van der Waals surface area contributed by atoms with Crippen molar-refractivity contribution < 1.29 is 18.3 Å². The molecule has 6 heteroatoms. The van der Waals surface area contributed by atoms with E-state index in [2.05, 4.69) is 4.98 Å². The van der Waals surface area contributed by atoms with Gasteiger partial charge in [0, 0.05) is 29.9 Å². The van der Waals surface area contributed by atoms with E-state index in [9.17, 15) is 18.3 Å². The molecule has 0 saturated heterocycles. The maximum absolute atomic E-state index is 12.6. The van der Waals surface area contributed by atoms with E-state index in [0.717, 1.165) is 11.3 Å². The van der Waals surface area contributed by atoms with Crippen LogP contribution in [0.3, 0.4) is 0 Å². The Morgan fingerprint density at radius 3 is 2.55 bits per heavy atom. The Bertz CT molecular complexity index is 538. The van der Waals surface area contributed by atoms with Crippen LogP contribution in [0.4, 0.5) is 19.0 Å². The maximum atomic E-state index is 12.6. The summed E-state index contributed by atoms with van der Waals surface area (Å²) in [5, 5.41) is 9.44. The number of aryl methyl sites for hydroxylation is 2. The zero-order valence-electron chi connectivity index (χ0n) is 11.5. The van der Waals surface area contributed by atoms with E-state index >= 15 is 0 Å². The first-order valence-electron chi connectivity index (χ1n) is 6.42. The fraction of sp³-hybridized carbons (Fsp3) is 0.500. The van der Waals surface area contributed by atoms with E-state index in [1.165, 1.54) is 6.08 Å². The van der Waals surface area contributed by atoms with Crippen molar-refractivity contribution in [1.82, 2.24) is 4.98 Å². The van der Waals surface area contributed by atoms with Crippen LogP contribution >= 0.6 is 0 Å². The van der Waals surface area contributed by atoms with Crippen molar-refractivity contribution in [2.75, 3.05) is 18.0 Å². The van der Waals surface area contributed by atoms with Gasteiger partial charge >= 0.3 is 6.18 Å². The SMILES string of the molecule is Cc1cc(C)c(CO)c(N2CC=C(C(F)(F)F)CC2)n1.